The van der Waals surface area contributed by atoms with E-state index in [0.717, 1.165) is 5.56 Å². The van der Waals surface area contributed by atoms with Gasteiger partial charge in [0.2, 0.25) is 0 Å². The Morgan fingerprint density at radius 2 is 1.95 bits per heavy atom. The fourth-order valence-electron chi connectivity index (χ4n) is 2.25. The van der Waals surface area contributed by atoms with Crippen LogP contribution in [0.5, 0.6) is 0 Å². The van der Waals surface area contributed by atoms with Crippen molar-refractivity contribution in [2.75, 3.05) is 6.54 Å². The normalized spacial score (nSPS) is 22.7. The van der Waals surface area contributed by atoms with Gasteiger partial charge >= 0.3 is 6.09 Å². The number of hydrogen-bond acceptors (Lipinski definition) is 3. The maximum atomic E-state index is 12.3. The summed E-state index contributed by atoms with van der Waals surface area (Å²) in [7, 11) is 0. The Hall–Kier alpha value is -1.81. The molecule has 1 amide bonds. The molecule has 0 saturated heterocycles. The smallest absolute Gasteiger partial charge is 0.411 e. The highest BCUT2D eigenvalue weighted by molar-refractivity contribution is 5.69. The van der Waals surface area contributed by atoms with Gasteiger partial charge in [-0.05, 0) is 26.3 Å². The molecule has 1 heterocycles. The number of hydrogen-bond donors (Lipinski definition) is 1. The van der Waals surface area contributed by atoms with Gasteiger partial charge in [-0.25, -0.2) is 4.79 Å². The quantitative estimate of drug-likeness (QED) is 0.802. The molecule has 1 aromatic rings. The highest BCUT2D eigenvalue weighted by Gasteiger charge is 2.34. The lowest BCUT2D eigenvalue weighted by Gasteiger charge is -2.37. The van der Waals surface area contributed by atoms with E-state index in [9.17, 15) is 9.90 Å². The summed E-state index contributed by atoms with van der Waals surface area (Å²) in [5, 5.41) is 10.2. The third kappa shape index (κ3) is 3.39. The summed E-state index contributed by atoms with van der Waals surface area (Å²) in [6, 6.07) is 9.11. The van der Waals surface area contributed by atoms with Crippen LogP contribution in [0.1, 0.15) is 32.4 Å². The van der Waals surface area contributed by atoms with Crippen LogP contribution in [-0.2, 0) is 4.74 Å². The van der Waals surface area contributed by atoms with E-state index in [-0.39, 0.29) is 0 Å². The predicted molar refractivity (Wildman–Crippen MR) is 77.3 cm³/mol. The largest absolute Gasteiger partial charge is 0.444 e. The molecule has 0 aromatic heterocycles. The van der Waals surface area contributed by atoms with E-state index in [0.29, 0.717) is 6.54 Å². The Morgan fingerprint density at radius 1 is 1.30 bits per heavy atom. The molecule has 0 bridgehead atoms. The fourth-order valence-corrected chi connectivity index (χ4v) is 2.25. The second-order valence-electron chi connectivity index (χ2n) is 5.91. The van der Waals surface area contributed by atoms with E-state index in [1.807, 2.05) is 51.1 Å². The summed E-state index contributed by atoms with van der Waals surface area (Å²) >= 11 is 0. The minimum absolute atomic E-state index is 0.406. The molecule has 1 aromatic carbocycles. The zero-order chi connectivity index (χ0) is 14.8. The van der Waals surface area contributed by atoms with E-state index in [4.69, 9.17) is 4.74 Å². The van der Waals surface area contributed by atoms with Gasteiger partial charge in [-0.3, -0.25) is 4.90 Å². The van der Waals surface area contributed by atoms with Gasteiger partial charge in [0, 0.05) is 6.54 Å². The predicted octanol–water partition coefficient (Wildman–Crippen LogP) is 2.90. The number of amides is 1. The molecule has 0 saturated carbocycles. The van der Waals surface area contributed by atoms with Crippen molar-refractivity contribution in [1.29, 1.82) is 0 Å². The van der Waals surface area contributed by atoms with Gasteiger partial charge in [-0.15, -0.1) is 0 Å². The highest BCUT2D eigenvalue weighted by atomic mass is 16.6. The third-order valence-electron chi connectivity index (χ3n) is 3.06. The molecule has 108 valence electrons. The number of aliphatic hydroxyl groups excluding tert-OH is 1. The van der Waals surface area contributed by atoms with Crippen molar-refractivity contribution in [3.05, 3.63) is 48.0 Å². The van der Waals surface area contributed by atoms with Crippen LogP contribution < -0.4 is 0 Å². The maximum absolute atomic E-state index is 12.3. The van der Waals surface area contributed by atoms with Gasteiger partial charge in [0.25, 0.3) is 0 Å². The Bertz CT molecular complexity index is 490. The summed E-state index contributed by atoms with van der Waals surface area (Å²) < 4.78 is 5.42. The lowest BCUT2D eigenvalue weighted by atomic mass is 9.97. The van der Waals surface area contributed by atoms with Crippen LogP contribution in [0.3, 0.4) is 0 Å². The van der Waals surface area contributed by atoms with Crippen molar-refractivity contribution in [2.45, 2.75) is 38.5 Å². The van der Waals surface area contributed by atoms with Crippen LogP contribution in [0, 0.1) is 0 Å². The van der Waals surface area contributed by atoms with Crippen molar-refractivity contribution in [3.63, 3.8) is 0 Å². The number of ether oxygens (including phenoxy) is 1. The van der Waals surface area contributed by atoms with Crippen molar-refractivity contribution < 1.29 is 14.6 Å². The number of carbonyl (C=O) groups is 1. The molecule has 1 aliphatic heterocycles. The SMILES string of the molecule is CC(C)(C)OC(=O)N1CC=C[C@H](O)[C@@H]1c1ccccc1. The molecule has 4 nitrogen and oxygen atoms in total. The standard InChI is InChI=1S/C16H21NO3/c1-16(2,3)20-15(19)17-11-7-10-13(18)14(17)12-8-5-4-6-9-12/h4-10,13-14,18H,11H2,1-3H3/t13-,14-/m0/s1. The first-order valence-corrected chi connectivity index (χ1v) is 6.78. The summed E-state index contributed by atoms with van der Waals surface area (Å²) in [5.74, 6) is 0. The zero-order valence-electron chi connectivity index (χ0n) is 12.1. The van der Waals surface area contributed by atoms with Crippen LogP contribution >= 0.6 is 0 Å². The number of aliphatic hydroxyl groups is 1. The number of rotatable bonds is 1. The Labute approximate surface area is 119 Å². The van der Waals surface area contributed by atoms with Gasteiger partial charge in [0.15, 0.2) is 0 Å². The van der Waals surface area contributed by atoms with E-state index < -0.39 is 23.8 Å². The van der Waals surface area contributed by atoms with Crippen LogP contribution in [-0.4, -0.2) is 34.3 Å². The molecular formula is C16H21NO3. The summed E-state index contributed by atoms with van der Waals surface area (Å²) in [4.78, 5) is 13.9. The average Bonchev–Trinajstić information content (AvgIpc) is 2.37. The second kappa shape index (κ2) is 5.67. The topological polar surface area (TPSA) is 49.8 Å². The molecule has 0 spiro atoms. The van der Waals surface area contributed by atoms with E-state index in [1.54, 1.807) is 17.1 Å². The van der Waals surface area contributed by atoms with Crippen LogP contribution in [0.15, 0.2) is 42.5 Å². The first kappa shape index (κ1) is 14.6. The highest BCUT2D eigenvalue weighted by Crippen LogP contribution is 2.29. The first-order chi connectivity index (χ1) is 9.38. The lowest BCUT2D eigenvalue weighted by molar-refractivity contribution is 0.00113. The van der Waals surface area contributed by atoms with Crippen LogP contribution in [0.4, 0.5) is 4.79 Å². The van der Waals surface area contributed by atoms with E-state index in [2.05, 4.69) is 0 Å². The van der Waals surface area contributed by atoms with Gasteiger partial charge in [0.1, 0.15) is 5.60 Å². The summed E-state index contributed by atoms with van der Waals surface area (Å²) in [6.07, 6.45) is 2.38. The summed E-state index contributed by atoms with van der Waals surface area (Å²) in [6.45, 7) is 5.93. The second-order valence-corrected chi connectivity index (χ2v) is 5.91. The van der Waals surface area contributed by atoms with E-state index >= 15 is 0 Å². The number of nitrogens with zero attached hydrogens (tertiary/aromatic N) is 1. The molecule has 4 heteroatoms. The molecule has 2 rings (SSSR count). The monoisotopic (exact) mass is 275 g/mol. The molecule has 1 aliphatic rings. The van der Waals surface area contributed by atoms with Crippen LogP contribution in [0.25, 0.3) is 0 Å². The third-order valence-corrected chi connectivity index (χ3v) is 3.06. The molecule has 1 N–H and O–H groups in total. The van der Waals surface area contributed by atoms with Crippen molar-refractivity contribution in [2.24, 2.45) is 0 Å². The fraction of sp³-hybridized carbons (Fsp3) is 0.438. The molecule has 20 heavy (non-hydrogen) atoms. The average molecular weight is 275 g/mol. The first-order valence-electron chi connectivity index (χ1n) is 6.78. The van der Waals surface area contributed by atoms with Crippen molar-refractivity contribution in [3.8, 4) is 0 Å². The Balaban J connectivity index is 2.26. The molecule has 0 radical (unpaired) electrons. The van der Waals surface area contributed by atoms with Crippen LogP contribution in [0.2, 0.25) is 0 Å². The molecule has 0 fully saturated rings. The van der Waals surface area contributed by atoms with Gasteiger partial charge in [-0.2, -0.15) is 0 Å². The maximum Gasteiger partial charge on any atom is 0.411 e. The molecule has 0 aliphatic carbocycles. The van der Waals surface area contributed by atoms with Gasteiger partial charge in [-0.1, -0.05) is 42.5 Å². The number of benzene rings is 1. The summed E-state index contributed by atoms with van der Waals surface area (Å²) in [5.41, 5.74) is 0.347. The van der Waals surface area contributed by atoms with Gasteiger partial charge < -0.3 is 9.84 Å². The molecule has 2 atom stereocenters. The number of carbonyl (C=O) groups excluding carboxylic acids is 1. The molecular weight excluding hydrogens is 254 g/mol. The Morgan fingerprint density at radius 3 is 2.55 bits per heavy atom. The van der Waals surface area contributed by atoms with Crippen molar-refractivity contribution in [1.82, 2.24) is 4.90 Å². The van der Waals surface area contributed by atoms with Crippen molar-refractivity contribution >= 4 is 6.09 Å². The Kier molecular flexibility index (Phi) is 4.14. The minimum Gasteiger partial charge on any atom is -0.444 e. The van der Waals surface area contributed by atoms with E-state index in [1.165, 1.54) is 0 Å². The van der Waals surface area contributed by atoms with Gasteiger partial charge in [0.05, 0.1) is 12.1 Å². The molecule has 0 unspecified atom stereocenters. The zero-order valence-corrected chi connectivity index (χ0v) is 12.1. The minimum atomic E-state index is -0.723. The lowest BCUT2D eigenvalue weighted by Crippen LogP contribution is -2.45.